The third-order valence-corrected chi connectivity index (χ3v) is 4.03. The van der Waals surface area contributed by atoms with Gasteiger partial charge in [0.25, 0.3) is 5.91 Å². The molecule has 23 heavy (non-hydrogen) atoms. The predicted molar refractivity (Wildman–Crippen MR) is 87.7 cm³/mol. The molecule has 0 heterocycles. The van der Waals surface area contributed by atoms with Crippen LogP contribution in [0.2, 0.25) is 0 Å². The van der Waals surface area contributed by atoms with E-state index >= 15 is 0 Å². The minimum atomic E-state index is -0.656. The van der Waals surface area contributed by atoms with E-state index in [0.29, 0.717) is 24.3 Å². The van der Waals surface area contributed by atoms with Crippen molar-refractivity contribution >= 4 is 5.91 Å². The molecule has 2 aromatic carbocycles. The van der Waals surface area contributed by atoms with Crippen LogP contribution in [-0.4, -0.2) is 30.2 Å². The van der Waals surface area contributed by atoms with Crippen molar-refractivity contribution in [3.05, 3.63) is 59.7 Å². The van der Waals surface area contributed by atoms with Crippen molar-refractivity contribution in [1.82, 2.24) is 5.32 Å². The van der Waals surface area contributed by atoms with Crippen molar-refractivity contribution in [1.29, 1.82) is 0 Å². The Balaban J connectivity index is 1.41. The summed E-state index contributed by atoms with van der Waals surface area (Å²) in [6.07, 6.45) is 1.15. The Hall–Kier alpha value is -2.53. The van der Waals surface area contributed by atoms with Crippen LogP contribution in [0.3, 0.4) is 0 Å². The summed E-state index contributed by atoms with van der Waals surface area (Å²) in [6, 6.07) is 15.5. The molecule has 0 radical (unpaired) electrons. The van der Waals surface area contributed by atoms with Gasteiger partial charge in [0.15, 0.2) is 0 Å². The molecule has 0 saturated heterocycles. The fourth-order valence-electron chi connectivity index (χ4n) is 2.71. The zero-order chi connectivity index (χ0) is 16.2. The van der Waals surface area contributed by atoms with Crippen molar-refractivity contribution in [2.75, 3.05) is 13.2 Å². The summed E-state index contributed by atoms with van der Waals surface area (Å²) in [5.41, 5.74) is 6.61. The van der Waals surface area contributed by atoms with Gasteiger partial charge in [-0.15, -0.1) is 0 Å². The standard InChI is InChI=1S/C18H20N2O3/c19-18(22)14-7-6-13(10-17(14)21)23-9-8-20-16-11-15(16)12-4-2-1-3-5-12/h1-7,10,15-16,20-21H,8-9,11H2,(H2,19,22). The number of hydrogen-bond donors (Lipinski definition) is 3. The molecule has 0 spiro atoms. The van der Waals surface area contributed by atoms with Crippen molar-refractivity contribution in [2.24, 2.45) is 5.73 Å². The molecule has 1 saturated carbocycles. The number of primary amides is 1. The van der Waals surface area contributed by atoms with Gasteiger partial charge in [-0.05, 0) is 24.1 Å². The number of amides is 1. The first-order valence-electron chi connectivity index (χ1n) is 7.69. The Morgan fingerprint density at radius 1 is 1.26 bits per heavy atom. The van der Waals surface area contributed by atoms with E-state index in [1.165, 1.54) is 17.7 Å². The summed E-state index contributed by atoms with van der Waals surface area (Å²) in [4.78, 5) is 11.0. The second kappa shape index (κ2) is 6.71. The van der Waals surface area contributed by atoms with E-state index in [4.69, 9.17) is 10.5 Å². The van der Waals surface area contributed by atoms with Gasteiger partial charge in [-0.1, -0.05) is 30.3 Å². The van der Waals surface area contributed by atoms with Gasteiger partial charge in [0.2, 0.25) is 0 Å². The van der Waals surface area contributed by atoms with E-state index in [1.54, 1.807) is 6.07 Å². The minimum absolute atomic E-state index is 0.0964. The van der Waals surface area contributed by atoms with Crippen molar-refractivity contribution in [3.63, 3.8) is 0 Å². The highest BCUT2D eigenvalue weighted by Gasteiger charge is 2.37. The zero-order valence-electron chi connectivity index (χ0n) is 12.7. The molecule has 1 fully saturated rings. The molecule has 0 aromatic heterocycles. The first kappa shape index (κ1) is 15.4. The fourth-order valence-corrected chi connectivity index (χ4v) is 2.71. The second-order valence-electron chi connectivity index (χ2n) is 5.71. The number of nitrogens with two attached hydrogens (primary N) is 1. The number of carbonyl (C=O) groups excluding carboxylic acids is 1. The molecule has 5 nitrogen and oxygen atoms in total. The van der Waals surface area contributed by atoms with E-state index in [0.717, 1.165) is 13.0 Å². The topological polar surface area (TPSA) is 84.6 Å². The van der Waals surface area contributed by atoms with Crippen LogP contribution in [0.15, 0.2) is 48.5 Å². The molecular weight excluding hydrogens is 292 g/mol. The third-order valence-electron chi connectivity index (χ3n) is 4.03. The first-order valence-corrected chi connectivity index (χ1v) is 7.69. The maximum Gasteiger partial charge on any atom is 0.252 e. The lowest BCUT2D eigenvalue weighted by Crippen LogP contribution is -2.24. The van der Waals surface area contributed by atoms with Gasteiger partial charge in [-0.3, -0.25) is 4.79 Å². The summed E-state index contributed by atoms with van der Waals surface area (Å²) in [5.74, 6) is 0.297. The first-order chi connectivity index (χ1) is 11.1. The Kier molecular flexibility index (Phi) is 4.48. The minimum Gasteiger partial charge on any atom is -0.507 e. The Morgan fingerprint density at radius 2 is 2.04 bits per heavy atom. The average Bonchev–Trinajstić information content (AvgIpc) is 3.32. The number of aromatic hydroxyl groups is 1. The lowest BCUT2D eigenvalue weighted by molar-refractivity contribution is 0.0997. The normalized spacial score (nSPS) is 19.3. The quantitative estimate of drug-likeness (QED) is 0.683. The summed E-state index contributed by atoms with van der Waals surface area (Å²) in [5, 5.41) is 13.1. The molecule has 1 aliphatic carbocycles. The molecule has 0 bridgehead atoms. The molecule has 1 aliphatic rings. The summed E-state index contributed by atoms with van der Waals surface area (Å²) < 4.78 is 5.57. The van der Waals surface area contributed by atoms with Crippen LogP contribution < -0.4 is 15.8 Å². The SMILES string of the molecule is NC(=O)c1ccc(OCCNC2CC2c2ccccc2)cc1O. The monoisotopic (exact) mass is 312 g/mol. The predicted octanol–water partition coefficient (Wildman–Crippen LogP) is 2.02. The van der Waals surface area contributed by atoms with E-state index in [2.05, 4.69) is 29.6 Å². The Morgan fingerprint density at radius 3 is 2.74 bits per heavy atom. The lowest BCUT2D eigenvalue weighted by Gasteiger charge is -2.09. The summed E-state index contributed by atoms with van der Waals surface area (Å²) >= 11 is 0. The van der Waals surface area contributed by atoms with Gasteiger partial charge in [0.1, 0.15) is 18.1 Å². The number of rotatable bonds is 7. The van der Waals surface area contributed by atoms with Gasteiger partial charge in [0.05, 0.1) is 5.56 Å². The van der Waals surface area contributed by atoms with Crippen LogP contribution in [0, 0.1) is 0 Å². The van der Waals surface area contributed by atoms with Crippen LogP contribution in [0.4, 0.5) is 0 Å². The number of benzene rings is 2. The molecule has 3 rings (SSSR count). The zero-order valence-corrected chi connectivity index (χ0v) is 12.7. The van der Waals surface area contributed by atoms with E-state index in [1.807, 2.05) is 6.07 Å². The number of nitrogens with one attached hydrogen (secondary N) is 1. The van der Waals surface area contributed by atoms with Crippen LogP contribution in [0.25, 0.3) is 0 Å². The Bertz CT molecular complexity index is 688. The highest BCUT2D eigenvalue weighted by molar-refractivity contribution is 5.95. The van der Waals surface area contributed by atoms with Gasteiger partial charge < -0.3 is 20.9 Å². The average molecular weight is 312 g/mol. The van der Waals surface area contributed by atoms with E-state index < -0.39 is 5.91 Å². The maximum absolute atomic E-state index is 11.0. The number of hydrogen-bond acceptors (Lipinski definition) is 4. The molecule has 2 atom stereocenters. The van der Waals surface area contributed by atoms with Gasteiger partial charge >= 0.3 is 0 Å². The smallest absolute Gasteiger partial charge is 0.252 e. The molecule has 0 aliphatic heterocycles. The van der Waals surface area contributed by atoms with E-state index in [-0.39, 0.29) is 11.3 Å². The van der Waals surface area contributed by atoms with Crippen molar-refractivity contribution in [3.8, 4) is 11.5 Å². The van der Waals surface area contributed by atoms with Crippen LogP contribution >= 0.6 is 0 Å². The largest absolute Gasteiger partial charge is 0.507 e. The highest BCUT2D eigenvalue weighted by Crippen LogP contribution is 2.40. The Labute approximate surface area is 135 Å². The molecule has 5 heteroatoms. The van der Waals surface area contributed by atoms with Crippen LogP contribution in [0.5, 0.6) is 11.5 Å². The van der Waals surface area contributed by atoms with Crippen LogP contribution in [0.1, 0.15) is 28.3 Å². The fraction of sp³-hybridized carbons (Fsp3) is 0.278. The van der Waals surface area contributed by atoms with Gasteiger partial charge in [0, 0.05) is 24.6 Å². The maximum atomic E-state index is 11.0. The lowest BCUT2D eigenvalue weighted by atomic mass is 10.1. The molecule has 120 valence electrons. The van der Waals surface area contributed by atoms with Crippen molar-refractivity contribution < 1.29 is 14.6 Å². The summed E-state index contributed by atoms with van der Waals surface area (Å²) in [6.45, 7) is 1.22. The molecular formula is C18H20N2O3. The van der Waals surface area contributed by atoms with Gasteiger partial charge in [-0.2, -0.15) is 0 Å². The molecule has 4 N–H and O–H groups in total. The highest BCUT2D eigenvalue weighted by atomic mass is 16.5. The van der Waals surface area contributed by atoms with Gasteiger partial charge in [-0.25, -0.2) is 0 Å². The third kappa shape index (κ3) is 3.81. The second-order valence-corrected chi connectivity index (χ2v) is 5.71. The molecule has 1 amide bonds. The number of phenols is 1. The number of carbonyl (C=O) groups is 1. The van der Waals surface area contributed by atoms with Crippen LogP contribution in [-0.2, 0) is 0 Å². The van der Waals surface area contributed by atoms with Crippen molar-refractivity contribution in [2.45, 2.75) is 18.4 Å². The van der Waals surface area contributed by atoms with E-state index in [9.17, 15) is 9.90 Å². The number of ether oxygens (including phenoxy) is 1. The molecule has 2 aromatic rings. The summed E-state index contributed by atoms with van der Waals surface area (Å²) in [7, 11) is 0. The molecule has 2 unspecified atom stereocenters.